The number of aromatic nitrogens is 2. The smallest absolute Gasteiger partial charge is 0.103 e. The summed E-state index contributed by atoms with van der Waals surface area (Å²) in [5, 5.41) is 0. The number of H-pyrrole nitrogens is 1. The van der Waals surface area contributed by atoms with Gasteiger partial charge in [-0.2, -0.15) is 0 Å². The number of aryl methyl sites for hydroxylation is 1. The Kier molecular flexibility index (Phi) is 3.41. The fourth-order valence-electron chi connectivity index (χ4n) is 1.71. The molecule has 0 amide bonds. The standard InChI is InChI=1S/C12H14BrN3/c1-8-15-11(6-7-14)12(16-8)9-2-4-10(13)5-3-9/h2-5H,6-7,14H2,1H3,(H,15,16). The Labute approximate surface area is 103 Å². The van der Waals surface area contributed by atoms with Crippen molar-refractivity contribution in [1.82, 2.24) is 9.97 Å². The Bertz CT molecular complexity index is 474. The van der Waals surface area contributed by atoms with Gasteiger partial charge in [0.1, 0.15) is 5.82 Å². The van der Waals surface area contributed by atoms with Gasteiger partial charge in [-0.15, -0.1) is 0 Å². The van der Waals surface area contributed by atoms with E-state index in [-0.39, 0.29) is 0 Å². The summed E-state index contributed by atoms with van der Waals surface area (Å²) in [6.45, 7) is 2.59. The molecule has 0 saturated heterocycles. The lowest BCUT2D eigenvalue weighted by Crippen LogP contribution is -2.04. The molecule has 2 aromatic rings. The Morgan fingerprint density at radius 1 is 1.31 bits per heavy atom. The van der Waals surface area contributed by atoms with E-state index in [0.717, 1.165) is 33.7 Å². The fraction of sp³-hybridized carbons (Fsp3) is 0.250. The molecule has 0 saturated carbocycles. The van der Waals surface area contributed by atoms with E-state index in [4.69, 9.17) is 5.73 Å². The van der Waals surface area contributed by atoms with E-state index in [0.29, 0.717) is 6.54 Å². The van der Waals surface area contributed by atoms with Gasteiger partial charge in [0, 0.05) is 22.2 Å². The molecule has 0 aliphatic heterocycles. The topological polar surface area (TPSA) is 54.7 Å². The lowest BCUT2D eigenvalue weighted by atomic mass is 10.1. The van der Waals surface area contributed by atoms with Crippen LogP contribution in [0.5, 0.6) is 0 Å². The number of halogens is 1. The van der Waals surface area contributed by atoms with Crippen LogP contribution in [0, 0.1) is 6.92 Å². The number of imidazole rings is 1. The number of nitrogens with one attached hydrogen (secondary N) is 1. The molecule has 0 aliphatic rings. The molecule has 1 heterocycles. The van der Waals surface area contributed by atoms with Gasteiger partial charge in [0.05, 0.1) is 5.69 Å². The summed E-state index contributed by atoms with van der Waals surface area (Å²) in [6.07, 6.45) is 0.826. The minimum absolute atomic E-state index is 0.630. The normalized spacial score (nSPS) is 10.7. The number of aromatic amines is 1. The van der Waals surface area contributed by atoms with Gasteiger partial charge in [0.15, 0.2) is 0 Å². The maximum atomic E-state index is 5.59. The van der Waals surface area contributed by atoms with Crippen molar-refractivity contribution < 1.29 is 0 Å². The van der Waals surface area contributed by atoms with Crippen LogP contribution >= 0.6 is 15.9 Å². The van der Waals surface area contributed by atoms with Crippen molar-refractivity contribution in [1.29, 1.82) is 0 Å². The maximum absolute atomic E-state index is 5.59. The second-order valence-electron chi connectivity index (χ2n) is 3.69. The summed E-state index contributed by atoms with van der Waals surface area (Å²) >= 11 is 3.42. The number of rotatable bonds is 3. The molecule has 0 aliphatic carbocycles. The van der Waals surface area contributed by atoms with Crippen LogP contribution in [0.3, 0.4) is 0 Å². The monoisotopic (exact) mass is 279 g/mol. The van der Waals surface area contributed by atoms with E-state index in [1.54, 1.807) is 0 Å². The summed E-state index contributed by atoms with van der Waals surface area (Å²) in [5.41, 5.74) is 8.83. The zero-order chi connectivity index (χ0) is 11.5. The highest BCUT2D eigenvalue weighted by Gasteiger charge is 2.09. The van der Waals surface area contributed by atoms with Crippen molar-refractivity contribution in [2.75, 3.05) is 6.54 Å². The van der Waals surface area contributed by atoms with Crippen molar-refractivity contribution >= 4 is 15.9 Å². The van der Waals surface area contributed by atoms with Crippen LogP contribution in [-0.2, 0) is 6.42 Å². The van der Waals surface area contributed by atoms with Gasteiger partial charge in [0.25, 0.3) is 0 Å². The summed E-state index contributed by atoms with van der Waals surface area (Å²) in [7, 11) is 0. The Hall–Kier alpha value is -1.13. The van der Waals surface area contributed by atoms with Crippen LogP contribution in [0.4, 0.5) is 0 Å². The van der Waals surface area contributed by atoms with Crippen LogP contribution < -0.4 is 5.73 Å². The first-order valence-corrected chi connectivity index (χ1v) is 6.01. The van der Waals surface area contributed by atoms with Crippen LogP contribution in [0.25, 0.3) is 11.3 Å². The van der Waals surface area contributed by atoms with Gasteiger partial charge in [-0.25, -0.2) is 4.98 Å². The van der Waals surface area contributed by atoms with Crippen LogP contribution in [0.1, 0.15) is 11.5 Å². The van der Waals surface area contributed by atoms with Crippen LogP contribution in [0.15, 0.2) is 28.7 Å². The Balaban J connectivity index is 2.42. The van der Waals surface area contributed by atoms with E-state index < -0.39 is 0 Å². The minimum Gasteiger partial charge on any atom is -0.346 e. The van der Waals surface area contributed by atoms with Crippen molar-refractivity contribution in [2.45, 2.75) is 13.3 Å². The second kappa shape index (κ2) is 4.80. The molecule has 3 nitrogen and oxygen atoms in total. The average Bonchev–Trinajstić information content (AvgIpc) is 2.61. The molecule has 16 heavy (non-hydrogen) atoms. The zero-order valence-electron chi connectivity index (χ0n) is 9.13. The van der Waals surface area contributed by atoms with Crippen LogP contribution in [0.2, 0.25) is 0 Å². The number of nitrogens with two attached hydrogens (primary N) is 1. The first kappa shape index (κ1) is 11.4. The molecular weight excluding hydrogens is 266 g/mol. The third kappa shape index (κ3) is 2.33. The minimum atomic E-state index is 0.630. The van der Waals surface area contributed by atoms with Crippen molar-refractivity contribution in [3.8, 4) is 11.3 Å². The molecule has 2 rings (SSSR count). The molecule has 4 heteroatoms. The Morgan fingerprint density at radius 2 is 2.00 bits per heavy atom. The molecule has 0 radical (unpaired) electrons. The van der Waals surface area contributed by atoms with E-state index in [9.17, 15) is 0 Å². The molecule has 0 bridgehead atoms. The lowest BCUT2D eigenvalue weighted by molar-refractivity contribution is 0.930. The highest BCUT2D eigenvalue weighted by Crippen LogP contribution is 2.23. The quantitative estimate of drug-likeness (QED) is 0.908. The molecule has 0 spiro atoms. The molecule has 0 unspecified atom stereocenters. The fourth-order valence-corrected chi connectivity index (χ4v) is 1.98. The van der Waals surface area contributed by atoms with Gasteiger partial charge >= 0.3 is 0 Å². The Morgan fingerprint density at radius 3 is 2.62 bits per heavy atom. The lowest BCUT2D eigenvalue weighted by Gasteiger charge is -2.01. The first-order chi connectivity index (χ1) is 7.70. The van der Waals surface area contributed by atoms with E-state index in [2.05, 4.69) is 38.0 Å². The highest BCUT2D eigenvalue weighted by atomic mass is 79.9. The van der Waals surface area contributed by atoms with E-state index >= 15 is 0 Å². The van der Waals surface area contributed by atoms with Gasteiger partial charge in [-0.1, -0.05) is 28.1 Å². The average molecular weight is 280 g/mol. The predicted molar refractivity (Wildman–Crippen MR) is 69.2 cm³/mol. The van der Waals surface area contributed by atoms with Gasteiger partial charge in [-0.3, -0.25) is 0 Å². The molecule has 1 aromatic carbocycles. The van der Waals surface area contributed by atoms with Gasteiger partial charge < -0.3 is 10.7 Å². The second-order valence-corrected chi connectivity index (χ2v) is 4.61. The first-order valence-electron chi connectivity index (χ1n) is 5.22. The van der Waals surface area contributed by atoms with Crippen molar-refractivity contribution in [3.05, 3.63) is 40.3 Å². The SMILES string of the molecule is Cc1nc(-c2ccc(Br)cc2)c(CCN)[nH]1. The van der Waals surface area contributed by atoms with Gasteiger partial charge in [0.2, 0.25) is 0 Å². The van der Waals surface area contributed by atoms with Crippen LogP contribution in [-0.4, -0.2) is 16.5 Å². The van der Waals surface area contributed by atoms with E-state index in [1.807, 2.05) is 19.1 Å². The van der Waals surface area contributed by atoms with Gasteiger partial charge in [-0.05, 0) is 25.6 Å². The number of benzene rings is 1. The van der Waals surface area contributed by atoms with Crippen molar-refractivity contribution in [2.24, 2.45) is 5.73 Å². The maximum Gasteiger partial charge on any atom is 0.103 e. The van der Waals surface area contributed by atoms with Crippen molar-refractivity contribution in [3.63, 3.8) is 0 Å². The molecule has 3 N–H and O–H groups in total. The number of hydrogen-bond donors (Lipinski definition) is 2. The highest BCUT2D eigenvalue weighted by molar-refractivity contribution is 9.10. The molecular formula is C12H14BrN3. The zero-order valence-corrected chi connectivity index (χ0v) is 10.7. The predicted octanol–water partition coefficient (Wildman–Crippen LogP) is 2.65. The number of nitrogens with zero attached hydrogens (tertiary/aromatic N) is 1. The summed E-state index contributed by atoms with van der Waals surface area (Å²) in [5.74, 6) is 0.932. The van der Waals surface area contributed by atoms with E-state index in [1.165, 1.54) is 0 Å². The molecule has 84 valence electrons. The molecule has 1 aromatic heterocycles. The third-order valence-corrected chi connectivity index (χ3v) is 2.94. The summed E-state index contributed by atoms with van der Waals surface area (Å²) in [6, 6.07) is 8.15. The summed E-state index contributed by atoms with van der Waals surface area (Å²) in [4.78, 5) is 7.76. The largest absolute Gasteiger partial charge is 0.346 e. The summed E-state index contributed by atoms with van der Waals surface area (Å²) < 4.78 is 1.07. The molecule has 0 atom stereocenters. The third-order valence-electron chi connectivity index (χ3n) is 2.41. The molecule has 0 fully saturated rings. The number of hydrogen-bond acceptors (Lipinski definition) is 2.